The van der Waals surface area contributed by atoms with Crippen LogP contribution < -0.4 is 5.32 Å². The van der Waals surface area contributed by atoms with Crippen LogP contribution in [-0.2, 0) is 4.79 Å². The molecule has 0 aromatic heterocycles. The average molecular weight is 424 g/mol. The van der Waals surface area contributed by atoms with E-state index in [1.165, 1.54) is 12.1 Å². The van der Waals surface area contributed by atoms with Crippen molar-refractivity contribution in [3.05, 3.63) is 64.7 Å². The summed E-state index contributed by atoms with van der Waals surface area (Å²) in [5.41, 5.74) is -0.300. The van der Waals surface area contributed by atoms with E-state index in [-0.39, 0.29) is 40.3 Å². The molecule has 3 amide bonds. The number of nitrogens with one attached hydrogen (secondary N) is 1. The molecule has 0 spiro atoms. The molecule has 0 saturated heterocycles. The van der Waals surface area contributed by atoms with Gasteiger partial charge in [-0.2, -0.15) is 0 Å². The second-order valence-corrected chi connectivity index (χ2v) is 7.57. The van der Waals surface area contributed by atoms with Crippen LogP contribution in [-0.4, -0.2) is 50.8 Å². The van der Waals surface area contributed by atoms with Crippen molar-refractivity contribution in [2.75, 3.05) is 5.32 Å². The Bertz CT molecular complexity index is 1040. The second kappa shape index (κ2) is 8.39. The number of hydrogen-bond acceptors (Lipinski definition) is 5. The number of rotatable bonds is 7. The number of imide groups is 1. The third-order valence-corrected chi connectivity index (χ3v) is 4.83. The lowest BCUT2D eigenvalue weighted by molar-refractivity contribution is -0.120. The molecule has 1 aliphatic rings. The molecule has 31 heavy (non-hydrogen) atoms. The molecule has 1 unspecified atom stereocenters. The minimum absolute atomic E-state index is 0.0556. The number of carboxylic acid groups (broad SMARTS) is 2. The zero-order valence-electron chi connectivity index (χ0n) is 16.8. The summed E-state index contributed by atoms with van der Waals surface area (Å²) >= 11 is 0. The van der Waals surface area contributed by atoms with E-state index < -0.39 is 35.7 Å². The monoisotopic (exact) mass is 424 g/mol. The van der Waals surface area contributed by atoms with E-state index in [0.29, 0.717) is 0 Å². The highest BCUT2D eigenvalue weighted by molar-refractivity contribution is 6.23. The summed E-state index contributed by atoms with van der Waals surface area (Å²) in [5.74, 6) is -4.68. The minimum Gasteiger partial charge on any atom is -0.478 e. The van der Waals surface area contributed by atoms with E-state index in [4.69, 9.17) is 0 Å². The SMILES string of the molecule is CC(C)CC(C(=O)Nc1cc(C(=O)O)cc(C(=O)O)c1)N1C(=O)c2ccccc2C1=O. The first-order chi connectivity index (χ1) is 14.6. The summed E-state index contributed by atoms with van der Waals surface area (Å²) in [6.45, 7) is 3.65. The number of aromatic carboxylic acids is 2. The highest BCUT2D eigenvalue weighted by Gasteiger charge is 2.42. The van der Waals surface area contributed by atoms with E-state index in [2.05, 4.69) is 5.32 Å². The van der Waals surface area contributed by atoms with Gasteiger partial charge in [-0.05, 0) is 42.7 Å². The van der Waals surface area contributed by atoms with E-state index >= 15 is 0 Å². The fourth-order valence-electron chi connectivity index (χ4n) is 3.44. The smallest absolute Gasteiger partial charge is 0.335 e. The van der Waals surface area contributed by atoms with E-state index in [0.717, 1.165) is 23.1 Å². The van der Waals surface area contributed by atoms with Crippen molar-refractivity contribution in [1.29, 1.82) is 0 Å². The normalized spacial score (nSPS) is 13.8. The number of carboxylic acids is 2. The molecule has 0 saturated carbocycles. The van der Waals surface area contributed by atoms with Gasteiger partial charge in [-0.25, -0.2) is 9.59 Å². The number of benzene rings is 2. The number of carbonyl (C=O) groups is 5. The van der Waals surface area contributed by atoms with Crippen molar-refractivity contribution < 1.29 is 34.2 Å². The van der Waals surface area contributed by atoms with Crippen LogP contribution in [0.1, 0.15) is 61.7 Å². The number of anilines is 1. The zero-order chi connectivity index (χ0) is 22.9. The molecule has 160 valence electrons. The highest BCUT2D eigenvalue weighted by atomic mass is 16.4. The quantitative estimate of drug-likeness (QED) is 0.580. The second-order valence-electron chi connectivity index (χ2n) is 7.57. The lowest BCUT2D eigenvalue weighted by atomic mass is 10.0. The Hall–Kier alpha value is -4.01. The third-order valence-electron chi connectivity index (χ3n) is 4.83. The zero-order valence-corrected chi connectivity index (χ0v) is 16.8. The van der Waals surface area contributed by atoms with Crippen LogP contribution in [0.25, 0.3) is 0 Å². The third kappa shape index (κ3) is 4.30. The van der Waals surface area contributed by atoms with Crippen molar-refractivity contribution in [2.24, 2.45) is 5.92 Å². The maximum absolute atomic E-state index is 13.1. The largest absolute Gasteiger partial charge is 0.478 e. The van der Waals surface area contributed by atoms with Gasteiger partial charge in [0.05, 0.1) is 22.3 Å². The Kier molecular flexibility index (Phi) is 5.87. The number of carbonyl (C=O) groups excluding carboxylic acids is 3. The van der Waals surface area contributed by atoms with Crippen molar-refractivity contribution >= 4 is 35.3 Å². The number of fused-ring (bicyclic) bond motifs is 1. The van der Waals surface area contributed by atoms with Crippen LogP contribution in [0.15, 0.2) is 42.5 Å². The fraction of sp³-hybridized carbons (Fsp3) is 0.227. The van der Waals surface area contributed by atoms with E-state index in [1.54, 1.807) is 12.1 Å². The van der Waals surface area contributed by atoms with E-state index in [9.17, 15) is 34.2 Å². The summed E-state index contributed by atoms with van der Waals surface area (Å²) in [6, 6.07) is 8.30. The molecule has 0 aliphatic carbocycles. The van der Waals surface area contributed by atoms with Crippen molar-refractivity contribution in [3.63, 3.8) is 0 Å². The first-order valence-electron chi connectivity index (χ1n) is 9.49. The number of amides is 3. The fourth-order valence-corrected chi connectivity index (χ4v) is 3.44. The predicted molar refractivity (Wildman–Crippen MR) is 109 cm³/mol. The Morgan fingerprint density at radius 1 is 0.903 bits per heavy atom. The van der Waals surface area contributed by atoms with Gasteiger partial charge in [-0.15, -0.1) is 0 Å². The van der Waals surface area contributed by atoms with Crippen molar-refractivity contribution in [3.8, 4) is 0 Å². The van der Waals surface area contributed by atoms with E-state index in [1.807, 2.05) is 13.8 Å². The van der Waals surface area contributed by atoms with Crippen LogP contribution >= 0.6 is 0 Å². The topological polar surface area (TPSA) is 141 Å². The summed E-state index contributed by atoms with van der Waals surface area (Å²) in [4.78, 5) is 62.3. The Morgan fingerprint density at radius 3 is 1.81 bits per heavy atom. The number of nitrogens with zero attached hydrogens (tertiary/aromatic N) is 1. The Morgan fingerprint density at radius 2 is 1.39 bits per heavy atom. The summed E-state index contributed by atoms with van der Waals surface area (Å²) in [7, 11) is 0. The van der Waals surface area contributed by atoms with Gasteiger partial charge in [-0.1, -0.05) is 26.0 Å². The highest BCUT2D eigenvalue weighted by Crippen LogP contribution is 2.28. The molecule has 1 atom stereocenters. The first kappa shape index (κ1) is 21.7. The Labute approximate surface area is 177 Å². The van der Waals surface area contributed by atoms with Crippen LogP contribution in [0.2, 0.25) is 0 Å². The molecule has 3 rings (SSSR count). The predicted octanol–water partition coefficient (Wildman–Crippen LogP) is 2.73. The van der Waals surface area contributed by atoms with Gasteiger partial charge in [-0.3, -0.25) is 19.3 Å². The molecule has 1 heterocycles. The molecule has 0 fully saturated rings. The average Bonchev–Trinajstić information content (AvgIpc) is 2.96. The molecule has 9 nitrogen and oxygen atoms in total. The van der Waals surface area contributed by atoms with Crippen molar-refractivity contribution in [1.82, 2.24) is 4.90 Å². The molecule has 0 bridgehead atoms. The first-order valence-corrected chi connectivity index (χ1v) is 9.49. The molecule has 1 aliphatic heterocycles. The maximum Gasteiger partial charge on any atom is 0.335 e. The van der Waals surface area contributed by atoms with Crippen LogP contribution in [0.5, 0.6) is 0 Å². The molecular weight excluding hydrogens is 404 g/mol. The standard InChI is InChI=1S/C22H20N2O7/c1-11(2)7-17(24-19(26)15-5-3-4-6-16(15)20(24)27)18(25)23-14-9-12(21(28)29)8-13(10-14)22(30)31/h3-6,8-11,17H,7H2,1-2H3,(H,23,25)(H,28,29)(H,30,31). The van der Waals surface area contributed by atoms with Crippen LogP contribution in [0, 0.1) is 5.92 Å². The van der Waals surface area contributed by atoms with Gasteiger partial charge < -0.3 is 15.5 Å². The van der Waals surface area contributed by atoms with Gasteiger partial charge in [0, 0.05) is 5.69 Å². The number of hydrogen-bond donors (Lipinski definition) is 3. The maximum atomic E-state index is 13.1. The summed E-state index contributed by atoms with van der Waals surface area (Å²) in [5, 5.41) is 20.9. The van der Waals surface area contributed by atoms with Gasteiger partial charge in [0.2, 0.25) is 5.91 Å². The Balaban J connectivity index is 1.95. The van der Waals surface area contributed by atoms with Gasteiger partial charge in [0.25, 0.3) is 11.8 Å². The van der Waals surface area contributed by atoms with Crippen LogP contribution in [0.4, 0.5) is 5.69 Å². The molecule has 2 aromatic carbocycles. The molecule has 2 aromatic rings. The lowest BCUT2D eigenvalue weighted by Crippen LogP contribution is -2.48. The van der Waals surface area contributed by atoms with Gasteiger partial charge >= 0.3 is 11.9 Å². The van der Waals surface area contributed by atoms with Gasteiger partial charge in [0.1, 0.15) is 6.04 Å². The molecule has 9 heteroatoms. The summed E-state index contributed by atoms with van der Waals surface area (Å²) in [6.07, 6.45) is 0.168. The molecular formula is C22H20N2O7. The lowest BCUT2D eigenvalue weighted by Gasteiger charge is -2.27. The summed E-state index contributed by atoms with van der Waals surface area (Å²) < 4.78 is 0. The molecule has 0 radical (unpaired) electrons. The van der Waals surface area contributed by atoms with Crippen LogP contribution in [0.3, 0.4) is 0 Å². The van der Waals surface area contributed by atoms with Crippen molar-refractivity contribution in [2.45, 2.75) is 26.3 Å². The molecule has 3 N–H and O–H groups in total. The van der Waals surface area contributed by atoms with Gasteiger partial charge in [0.15, 0.2) is 0 Å². The minimum atomic E-state index is -1.36.